The first-order valence-electron chi connectivity index (χ1n) is 9.33. The number of carbonyl (C=O) groups excluding carboxylic acids is 2. The van der Waals surface area contributed by atoms with Crippen molar-refractivity contribution >= 4 is 11.8 Å². The number of amides is 2. The monoisotopic (exact) mass is 359 g/mol. The van der Waals surface area contributed by atoms with Crippen LogP contribution in [0, 0.1) is 12.3 Å². The van der Waals surface area contributed by atoms with Crippen molar-refractivity contribution in [2.45, 2.75) is 58.6 Å². The number of likely N-dealkylation sites (tertiary alicyclic amines) is 2. The molecular formula is C20H29N3O3. The fourth-order valence-corrected chi connectivity index (χ4v) is 4.28. The van der Waals surface area contributed by atoms with E-state index in [1.165, 1.54) is 0 Å². The summed E-state index contributed by atoms with van der Waals surface area (Å²) >= 11 is 0. The quantitative estimate of drug-likeness (QED) is 0.832. The molecule has 2 amide bonds. The number of aryl methyl sites for hydroxylation is 1. The van der Waals surface area contributed by atoms with E-state index in [1.54, 1.807) is 13.1 Å². The number of aliphatic hydroxyl groups is 1. The van der Waals surface area contributed by atoms with Crippen LogP contribution < -0.4 is 0 Å². The van der Waals surface area contributed by atoms with E-state index in [4.69, 9.17) is 0 Å². The molecule has 2 fully saturated rings. The van der Waals surface area contributed by atoms with Crippen LogP contribution in [0.25, 0.3) is 0 Å². The summed E-state index contributed by atoms with van der Waals surface area (Å²) in [4.78, 5) is 32.7. The van der Waals surface area contributed by atoms with Crippen molar-refractivity contribution in [3.05, 3.63) is 29.6 Å². The van der Waals surface area contributed by atoms with Crippen LogP contribution in [0.2, 0.25) is 0 Å². The van der Waals surface area contributed by atoms with Crippen LogP contribution in [0.1, 0.15) is 56.1 Å². The molecule has 26 heavy (non-hydrogen) atoms. The van der Waals surface area contributed by atoms with E-state index >= 15 is 0 Å². The van der Waals surface area contributed by atoms with Gasteiger partial charge in [-0.05, 0) is 57.6 Å². The summed E-state index contributed by atoms with van der Waals surface area (Å²) in [5.41, 5.74) is 0.851. The number of hydrogen-bond acceptors (Lipinski definition) is 4. The first-order chi connectivity index (χ1) is 12.1. The van der Waals surface area contributed by atoms with Gasteiger partial charge in [0, 0.05) is 38.4 Å². The average Bonchev–Trinajstić information content (AvgIpc) is 2.59. The van der Waals surface area contributed by atoms with Crippen molar-refractivity contribution in [1.82, 2.24) is 14.8 Å². The third-order valence-corrected chi connectivity index (χ3v) is 6.28. The summed E-state index contributed by atoms with van der Waals surface area (Å²) in [6.07, 6.45) is 3.36. The van der Waals surface area contributed by atoms with Gasteiger partial charge < -0.3 is 14.9 Å². The molecular weight excluding hydrogens is 330 g/mol. The first-order valence-corrected chi connectivity index (χ1v) is 9.33. The third-order valence-electron chi connectivity index (χ3n) is 6.28. The van der Waals surface area contributed by atoms with E-state index in [0.29, 0.717) is 31.6 Å². The normalized spacial score (nSPS) is 24.6. The molecule has 2 aliphatic heterocycles. The first kappa shape index (κ1) is 18.8. The number of pyridine rings is 1. The highest BCUT2D eigenvalue weighted by atomic mass is 16.3. The van der Waals surface area contributed by atoms with E-state index in [2.05, 4.69) is 4.98 Å². The predicted octanol–water partition coefficient (Wildman–Crippen LogP) is 2.00. The highest BCUT2D eigenvalue weighted by molar-refractivity contribution is 5.94. The molecule has 1 aromatic rings. The predicted molar refractivity (Wildman–Crippen MR) is 98.6 cm³/mol. The fraction of sp³-hybridized carbons (Fsp3) is 0.650. The zero-order valence-corrected chi connectivity index (χ0v) is 16.2. The summed E-state index contributed by atoms with van der Waals surface area (Å²) < 4.78 is 0. The molecule has 0 saturated carbocycles. The topological polar surface area (TPSA) is 73.7 Å². The molecule has 0 radical (unpaired) electrons. The van der Waals surface area contributed by atoms with Gasteiger partial charge in [-0.1, -0.05) is 0 Å². The van der Waals surface area contributed by atoms with Crippen LogP contribution in [-0.4, -0.2) is 63.0 Å². The van der Waals surface area contributed by atoms with Crippen LogP contribution >= 0.6 is 0 Å². The minimum absolute atomic E-state index is 0.00244. The molecule has 1 aromatic heterocycles. The lowest BCUT2D eigenvalue weighted by Gasteiger charge is -2.55. The second-order valence-electron chi connectivity index (χ2n) is 8.46. The van der Waals surface area contributed by atoms with Crippen LogP contribution in [0.3, 0.4) is 0 Å². The fourth-order valence-electron chi connectivity index (χ4n) is 4.28. The maximum atomic E-state index is 12.7. The summed E-state index contributed by atoms with van der Waals surface area (Å²) in [5, 5.41) is 10.7. The summed E-state index contributed by atoms with van der Waals surface area (Å²) in [7, 11) is 0. The van der Waals surface area contributed by atoms with Gasteiger partial charge in [0.2, 0.25) is 5.91 Å². The Kier molecular flexibility index (Phi) is 4.82. The van der Waals surface area contributed by atoms with E-state index in [0.717, 1.165) is 18.5 Å². The molecule has 1 spiro atoms. The Labute approximate surface area is 155 Å². The van der Waals surface area contributed by atoms with Gasteiger partial charge in [-0.2, -0.15) is 0 Å². The van der Waals surface area contributed by atoms with E-state index in [1.807, 2.05) is 42.7 Å². The summed E-state index contributed by atoms with van der Waals surface area (Å²) in [6.45, 7) is 9.26. The van der Waals surface area contributed by atoms with E-state index < -0.39 is 11.6 Å². The molecule has 1 N–H and O–H groups in total. The van der Waals surface area contributed by atoms with Crippen molar-refractivity contribution in [2.75, 3.05) is 19.6 Å². The lowest BCUT2D eigenvalue weighted by Crippen LogP contribution is -2.64. The lowest BCUT2D eigenvalue weighted by atomic mass is 9.67. The number of aromatic nitrogens is 1. The van der Waals surface area contributed by atoms with Gasteiger partial charge in [0.1, 0.15) is 0 Å². The number of aliphatic hydroxyl groups excluding tert-OH is 1. The van der Waals surface area contributed by atoms with Crippen molar-refractivity contribution in [2.24, 2.45) is 5.41 Å². The number of rotatable bonds is 1. The van der Waals surface area contributed by atoms with Crippen molar-refractivity contribution < 1.29 is 14.7 Å². The second kappa shape index (κ2) is 6.65. The Morgan fingerprint density at radius 2 is 1.88 bits per heavy atom. The van der Waals surface area contributed by atoms with Crippen molar-refractivity contribution in [3.8, 4) is 0 Å². The average molecular weight is 359 g/mol. The number of hydrogen-bond donors (Lipinski definition) is 1. The van der Waals surface area contributed by atoms with Crippen molar-refractivity contribution in [3.63, 3.8) is 0 Å². The molecule has 0 aliphatic carbocycles. The molecule has 0 aromatic carbocycles. The van der Waals surface area contributed by atoms with Gasteiger partial charge in [-0.3, -0.25) is 14.6 Å². The Morgan fingerprint density at radius 1 is 1.23 bits per heavy atom. The number of carbonyl (C=O) groups is 2. The Bertz CT molecular complexity index is 691. The minimum Gasteiger partial charge on any atom is -0.391 e. The molecule has 142 valence electrons. The molecule has 0 unspecified atom stereocenters. The smallest absolute Gasteiger partial charge is 0.255 e. The number of piperidine rings is 2. The molecule has 6 nitrogen and oxygen atoms in total. The standard InChI is InChI=1S/C20H29N3O3/c1-14-5-6-16(12-21-14)18(26)22-9-7-20(8-10-22)11-17(25)19(3,4)23(13-20)15(2)24/h5-6,12,17,25H,7-11,13H2,1-4H3/t17-/m1/s1. The van der Waals surface area contributed by atoms with Crippen LogP contribution in [0.4, 0.5) is 0 Å². The van der Waals surface area contributed by atoms with Crippen LogP contribution in [-0.2, 0) is 4.79 Å². The minimum atomic E-state index is -0.552. The second-order valence-corrected chi connectivity index (χ2v) is 8.46. The lowest BCUT2D eigenvalue weighted by molar-refractivity contribution is -0.156. The van der Waals surface area contributed by atoms with Crippen LogP contribution in [0.15, 0.2) is 18.3 Å². The molecule has 6 heteroatoms. The zero-order valence-electron chi connectivity index (χ0n) is 16.2. The van der Waals surface area contributed by atoms with Gasteiger partial charge in [-0.15, -0.1) is 0 Å². The van der Waals surface area contributed by atoms with E-state index in [9.17, 15) is 14.7 Å². The maximum absolute atomic E-state index is 12.7. The van der Waals surface area contributed by atoms with Gasteiger partial charge in [0.15, 0.2) is 0 Å². The Balaban J connectivity index is 1.70. The summed E-state index contributed by atoms with van der Waals surface area (Å²) in [6, 6.07) is 3.67. The zero-order chi connectivity index (χ0) is 19.1. The van der Waals surface area contributed by atoms with Gasteiger partial charge in [-0.25, -0.2) is 0 Å². The van der Waals surface area contributed by atoms with Gasteiger partial charge >= 0.3 is 0 Å². The highest BCUT2D eigenvalue weighted by Crippen LogP contribution is 2.45. The number of nitrogens with zero attached hydrogens (tertiary/aromatic N) is 3. The molecule has 0 bridgehead atoms. The van der Waals surface area contributed by atoms with Crippen LogP contribution in [0.5, 0.6) is 0 Å². The summed E-state index contributed by atoms with van der Waals surface area (Å²) in [5.74, 6) is 0.00447. The largest absolute Gasteiger partial charge is 0.391 e. The SMILES string of the molecule is CC(=O)N1CC2(CCN(C(=O)c3ccc(C)nc3)CC2)C[C@@H](O)C1(C)C. The third kappa shape index (κ3) is 3.34. The Morgan fingerprint density at radius 3 is 2.42 bits per heavy atom. The highest BCUT2D eigenvalue weighted by Gasteiger charge is 2.50. The molecule has 2 aliphatic rings. The van der Waals surface area contributed by atoms with E-state index in [-0.39, 0.29) is 17.2 Å². The Hall–Kier alpha value is -1.95. The molecule has 3 heterocycles. The maximum Gasteiger partial charge on any atom is 0.255 e. The molecule has 2 saturated heterocycles. The molecule has 1 atom stereocenters. The van der Waals surface area contributed by atoms with Gasteiger partial charge in [0.25, 0.3) is 5.91 Å². The van der Waals surface area contributed by atoms with Gasteiger partial charge in [0.05, 0.1) is 17.2 Å². The van der Waals surface area contributed by atoms with Crippen molar-refractivity contribution in [1.29, 1.82) is 0 Å². The molecule has 3 rings (SSSR count).